The fraction of sp³-hybridized carbons (Fsp3) is 1.00. The summed E-state index contributed by atoms with van der Waals surface area (Å²) in [4.78, 5) is 0. The first kappa shape index (κ1) is 11.9. The van der Waals surface area contributed by atoms with Crippen LogP contribution in [-0.4, -0.2) is 30.1 Å². The zero-order valence-corrected chi connectivity index (χ0v) is 9.46. The zero-order chi connectivity index (χ0) is 10.9. The molecule has 0 amide bonds. The number of rotatable bonds is 1. The van der Waals surface area contributed by atoms with E-state index in [1.807, 2.05) is 27.7 Å². The molecule has 0 radical (unpaired) electrons. The highest BCUT2D eigenvalue weighted by Gasteiger charge is 2.41. The summed E-state index contributed by atoms with van der Waals surface area (Å²) in [7, 11) is 0. The van der Waals surface area contributed by atoms with Gasteiger partial charge in [-0.1, -0.05) is 27.7 Å². The normalized spacial score (nSPS) is 39.9. The van der Waals surface area contributed by atoms with Crippen LogP contribution in [0.2, 0.25) is 0 Å². The number of halogens is 1. The van der Waals surface area contributed by atoms with E-state index in [2.05, 4.69) is 0 Å². The monoisotopic (exact) mass is 204 g/mol. The number of hydrogen-bond donors (Lipinski definition) is 1. The minimum absolute atomic E-state index is 0.119. The summed E-state index contributed by atoms with van der Waals surface area (Å²) in [6.45, 7) is 7.52. The minimum Gasteiger partial charge on any atom is -0.390 e. The van der Waals surface area contributed by atoms with Crippen molar-refractivity contribution in [1.82, 2.24) is 0 Å². The topological polar surface area (TPSA) is 29.5 Å². The molecule has 2 nitrogen and oxygen atoms in total. The first-order valence-corrected chi connectivity index (χ1v) is 5.25. The summed E-state index contributed by atoms with van der Waals surface area (Å²) >= 11 is 0. The van der Waals surface area contributed by atoms with Crippen molar-refractivity contribution in [2.45, 2.75) is 52.4 Å². The summed E-state index contributed by atoms with van der Waals surface area (Å²) in [5.41, 5.74) is -0.137. The van der Waals surface area contributed by atoms with Crippen molar-refractivity contribution in [1.29, 1.82) is 0 Å². The van der Waals surface area contributed by atoms with Gasteiger partial charge in [0, 0.05) is 0 Å². The van der Waals surface area contributed by atoms with Gasteiger partial charge < -0.3 is 9.84 Å². The lowest BCUT2D eigenvalue weighted by molar-refractivity contribution is -0.181. The summed E-state index contributed by atoms with van der Waals surface area (Å²) in [6.07, 6.45) is -0.452. The molecule has 1 heterocycles. The van der Waals surface area contributed by atoms with Crippen LogP contribution in [0, 0.1) is 11.3 Å². The number of alkyl halides is 1. The van der Waals surface area contributed by atoms with Crippen molar-refractivity contribution in [2.24, 2.45) is 11.3 Å². The van der Waals surface area contributed by atoms with Gasteiger partial charge in [0.25, 0.3) is 0 Å². The van der Waals surface area contributed by atoms with Crippen LogP contribution in [0.3, 0.4) is 0 Å². The van der Waals surface area contributed by atoms with E-state index in [4.69, 9.17) is 4.74 Å². The van der Waals surface area contributed by atoms with Gasteiger partial charge in [0.2, 0.25) is 0 Å². The smallest absolute Gasteiger partial charge is 0.116 e. The zero-order valence-electron chi connectivity index (χ0n) is 9.46. The average molecular weight is 204 g/mol. The molecule has 0 aromatic carbocycles. The van der Waals surface area contributed by atoms with Crippen molar-refractivity contribution in [3.8, 4) is 0 Å². The number of ether oxygens (including phenoxy) is 1. The fourth-order valence-corrected chi connectivity index (χ4v) is 2.01. The Bertz CT molecular complexity index is 188. The Labute approximate surface area is 85.5 Å². The first-order valence-electron chi connectivity index (χ1n) is 5.25. The second-order valence-corrected chi connectivity index (χ2v) is 5.40. The van der Waals surface area contributed by atoms with E-state index < -0.39 is 12.8 Å². The molecule has 4 unspecified atom stereocenters. The van der Waals surface area contributed by atoms with Gasteiger partial charge in [-0.25, -0.2) is 4.39 Å². The highest BCUT2D eigenvalue weighted by molar-refractivity contribution is 4.89. The Morgan fingerprint density at radius 1 is 1.43 bits per heavy atom. The van der Waals surface area contributed by atoms with Gasteiger partial charge in [0.05, 0.1) is 18.3 Å². The number of aliphatic hydroxyl groups is 1. The standard InChI is InChI=1S/C11H21FO2/c1-7-5-8(6-12)14-10(9(7)13)11(2,3)4/h7-10,13H,5-6H2,1-4H3. The van der Waals surface area contributed by atoms with Crippen LogP contribution in [0.4, 0.5) is 4.39 Å². The van der Waals surface area contributed by atoms with Crippen molar-refractivity contribution < 1.29 is 14.2 Å². The molecule has 0 spiro atoms. The molecular formula is C11H21FO2. The highest BCUT2D eigenvalue weighted by atomic mass is 19.1. The third-order valence-electron chi connectivity index (χ3n) is 2.89. The lowest BCUT2D eigenvalue weighted by atomic mass is 9.78. The van der Waals surface area contributed by atoms with Crippen molar-refractivity contribution in [3.05, 3.63) is 0 Å². The van der Waals surface area contributed by atoms with Crippen LogP contribution in [0.1, 0.15) is 34.1 Å². The molecule has 0 aliphatic carbocycles. The Kier molecular flexibility index (Phi) is 3.53. The third kappa shape index (κ3) is 2.45. The average Bonchev–Trinajstić information content (AvgIpc) is 2.07. The summed E-state index contributed by atoms with van der Waals surface area (Å²) in [6, 6.07) is 0. The SMILES string of the molecule is CC1CC(CF)OC(C(C)(C)C)C1O. The molecule has 0 aromatic rings. The van der Waals surface area contributed by atoms with Gasteiger partial charge in [0.1, 0.15) is 6.67 Å². The van der Waals surface area contributed by atoms with Crippen molar-refractivity contribution >= 4 is 0 Å². The quantitative estimate of drug-likeness (QED) is 0.709. The molecule has 1 rings (SSSR count). The molecule has 1 aliphatic rings. The second-order valence-electron chi connectivity index (χ2n) is 5.40. The van der Waals surface area contributed by atoms with Gasteiger partial charge in [-0.3, -0.25) is 0 Å². The largest absolute Gasteiger partial charge is 0.390 e. The van der Waals surface area contributed by atoms with Gasteiger partial charge in [0.15, 0.2) is 0 Å². The van der Waals surface area contributed by atoms with Crippen LogP contribution < -0.4 is 0 Å². The predicted octanol–water partition coefficient (Wildman–Crippen LogP) is 2.16. The van der Waals surface area contributed by atoms with Crippen molar-refractivity contribution in [3.63, 3.8) is 0 Å². The molecular weight excluding hydrogens is 183 g/mol. The minimum atomic E-state index is -0.474. The second kappa shape index (κ2) is 4.15. The van der Waals surface area contributed by atoms with E-state index in [0.717, 1.165) is 0 Å². The number of hydrogen-bond acceptors (Lipinski definition) is 2. The van der Waals surface area contributed by atoms with Gasteiger partial charge in [-0.15, -0.1) is 0 Å². The van der Waals surface area contributed by atoms with Crippen LogP contribution in [-0.2, 0) is 4.74 Å². The molecule has 0 aromatic heterocycles. The lowest BCUT2D eigenvalue weighted by Crippen LogP contribution is -2.50. The first-order chi connectivity index (χ1) is 6.36. The molecule has 1 N–H and O–H groups in total. The van der Waals surface area contributed by atoms with Crippen LogP contribution >= 0.6 is 0 Å². The molecule has 1 aliphatic heterocycles. The van der Waals surface area contributed by atoms with Crippen LogP contribution in [0.5, 0.6) is 0 Å². The molecule has 1 saturated heterocycles. The Hall–Kier alpha value is -0.150. The molecule has 14 heavy (non-hydrogen) atoms. The Morgan fingerprint density at radius 2 is 2.00 bits per heavy atom. The molecule has 1 fully saturated rings. The van der Waals surface area contributed by atoms with E-state index in [9.17, 15) is 9.50 Å². The summed E-state index contributed by atoms with van der Waals surface area (Å²) in [5.74, 6) is 0.119. The summed E-state index contributed by atoms with van der Waals surface area (Å²) < 4.78 is 18.1. The van der Waals surface area contributed by atoms with E-state index in [1.54, 1.807) is 0 Å². The Balaban J connectivity index is 2.73. The molecule has 0 saturated carbocycles. The fourth-order valence-electron chi connectivity index (χ4n) is 2.01. The maximum Gasteiger partial charge on any atom is 0.116 e. The highest BCUT2D eigenvalue weighted by Crippen LogP contribution is 2.35. The van der Waals surface area contributed by atoms with E-state index in [-0.39, 0.29) is 23.5 Å². The maximum absolute atomic E-state index is 12.5. The van der Waals surface area contributed by atoms with E-state index in [0.29, 0.717) is 6.42 Å². The maximum atomic E-state index is 12.5. The van der Waals surface area contributed by atoms with Gasteiger partial charge in [-0.05, 0) is 17.8 Å². The molecule has 84 valence electrons. The van der Waals surface area contributed by atoms with Crippen molar-refractivity contribution in [2.75, 3.05) is 6.67 Å². The molecule has 4 atom stereocenters. The molecule has 0 bridgehead atoms. The van der Waals surface area contributed by atoms with Crippen LogP contribution in [0.15, 0.2) is 0 Å². The lowest BCUT2D eigenvalue weighted by Gasteiger charge is -2.43. The Morgan fingerprint density at radius 3 is 2.43 bits per heavy atom. The van der Waals surface area contributed by atoms with Gasteiger partial charge >= 0.3 is 0 Å². The van der Waals surface area contributed by atoms with Gasteiger partial charge in [-0.2, -0.15) is 0 Å². The van der Waals surface area contributed by atoms with E-state index >= 15 is 0 Å². The number of aliphatic hydroxyl groups excluding tert-OH is 1. The third-order valence-corrected chi connectivity index (χ3v) is 2.89. The summed E-state index contributed by atoms with van der Waals surface area (Å²) in [5, 5.41) is 9.94. The van der Waals surface area contributed by atoms with E-state index in [1.165, 1.54) is 0 Å². The van der Waals surface area contributed by atoms with Crippen LogP contribution in [0.25, 0.3) is 0 Å². The molecule has 3 heteroatoms. The predicted molar refractivity (Wildman–Crippen MR) is 53.9 cm³/mol.